The Morgan fingerprint density at radius 3 is 2.88 bits per heavy atom. The van der Waals surface area contributed by atoms with Crippen LogP contribution in [-0.4, -0.2) is 41.0 Å². The molecule has 1 saturated carbocycles. The number of thioether (sulfide) groups is 1. The highest BCUT2D eigenvalue weighted by molar-refractivity contribution is 7.99. The fraction of sp³-hybridized carbons (Fsp3) is 0.474. The van der Waals surface area contributed by atoms with Crippen molar-refractivity contribution in [1.82, 2.24) is 14.9 Å². The van der Waals surface area contributed by atoms with Gasteiger partial charge in [-0.25, -0.2) is 4.98 Å². The standard InChI is InChI=1S/C19H23N3O3S/c1-2-22-15(14-5-6-16-17(9-14)25-8-7-24-16)11-21-19(22)26-12-18(23)20-10-13-3-4-13/h5-6,9,11,13H,2-4,7-8,10,12H2,1H3,(H,20,23). The maximum Gasteiger partial charge on any atom is 0.230 e. The van der Waals surface area contributed by atoms with Gasteiger partial charge in [-0.05, 0) is 43.9 Å². The quantitative estimate of drug-likeness (QED) is 0.756. The summed E-state index contributed by atoms with van der Waals surface area (Å²) in [6.07, 6.45) is 4.35. The van der Waals surface area contributed by atoms with E-state index in [1.54, 1.807) is 0 Å². The van der Waals surface area contributed by atoms with Gasteiger partial charge in [0.2, 0.25) is 5.91 Å². The number of imidazole rings is 1. The number of nitrogens with one attached hydrogen (secondary N) is 1. The average Bonchev–Trinajstić information content (AvgIpc) is 3.42. The van der Waals surface area contributed by atoms with E-state index in [0.717, 1.165) is 41.0 Å². The molecule has 1 aromatic heterocycles. The van der Waals surface area contributed by atoms with Crippen LogP contribution in [0.2, 0.25) is 0 Å². The zero-order valence-corrected chi connectivity index (χ0v) is 15.7. The molecule has 0 unspecified atom stereocenters. The Bertz CT molecular complexity index is 801. The molecule has 1 aliphatic carbocycles. The van der Waals surface area contributed by atoms with E-state index in [1.807, 2.05) is 24.4 Å². The zero-order valence-electron chi connectivity index (χ0n) is 14.9. The maximum atomic E-state index is 12.0. The lowest BCUT2D eigenvalue weighted by Gasteiger charge is -2.19. The second-order valence-electron chi connectivity index (χ2n) is 6.56. The van der Waals surface area contributed by atoms with Gasteiger partial charge < -0.3 is 19.4 Å². The third kappa shape index (κ3) is 3.82. The molecule has 7 heteroatoms. The summed E-state index contributed by atoms with van der Waals surface area (Å²) < 4.78 is 13.4. The number of aromatic nitrogens is 2. The first-order valence-corrected chi connectivity index (χ1v) is 10.1. The highest BCUT2D eigenvalue weighted by Crippen LogP contribution is 2.35. The Labute approximate surface area is 157 Å². The number of ether oxygens (including phenoxy) is 2. The van der Waals surface area contributed by atoms with Crippen LogP contribution >= 0.6 is 11.8 Å². The summed E-state index contributed by atoms with van der Waals surface area (Å²) in [5, 5.41) is 3.86. The SMILES string of the molecule is CCn1c(-c2ccc3c(c2)OCCO3)cnc1SCC(=O)NCC1CC1. The Morgan fingerprint density at radius 2 is 2.12 bits per heavy atom. The predicted molar refractivity (Wildman–Crippen MR) is 101 cm³/mol. The maximum absolute atomic E-state index is 12.0. The summed E-state index contributed by atoms with van der Waals surface area (Å²) in [4.78, 5) is 16.5. The van der Waals surface area contributed by atoms with Crippen LogP contribution in [0.15, 0.2) is 29.6 Å². The van der Waals surface area contributed by atoms with Crippen LogP contribution in [0, 0.1) is 5.92 Å². The molecule has 6 nitrogen and oxygen atoms in total. The largest absolute Gasteiger partial charge is 0.486 e. The minimum absolute atomic E-state index is 0.0773. The number of carbonyl (C=O) groups is 1. The molecule has 2 heterocycles. The molecule has 138 valence electrons. The van der Waals surface area contributed by atoms with Crippen molar-refractivity contribution in [1.29, 1.82) is 0 Å². The lowest BCUT2D eigenvalue weighted by atomic mass is 10.1. The number of carbonyl (C=O) groups excluding carboxylic acids is 1. The minimum atomic E-state index is 0.0773. The number of rotatable bonds is 7. The van der Waals surface area contributed by atoms with E-state index in [9.17, 15) is 4.79 Å². The molecule has 1 aromatic carbocycles. The van der Waals surface area contributed by atoms with Crippen LogP contribution in [0.4, 0.5) is 0 Å². The van der Waals surface area contributed by atoms with Gasteiger partial charge in [-0.1, -0.05) is 11.8 Å². The Hall–Kier alpha value is -2.15. The third-order valence-corrected chi connectivity index (χ3v) is 5.58. The summed E-state index contributed by atoms with van der Waals surface area (Å²) in [5.41, 5.74) is 2.05. The van der Waals surface area contributed by atoms with Crippen LogP contribution in [0.5, 0.6) is 11.5 Å². The minimum Gasteiger partial charge on any atom is -0.486 e. The third-order valence-electron chi connectivity index (χ3n) is 4.59. The van der Waals surface area contributed by atoms with Crippen molar-refractivity contribution in [3.05, 3.63) is 24.4 Å². The van der Waals surface area contributed by atoms with Gasteiger partial charge in [0.05, 0.1) is 17.6 Å². The fourth-order valence-electron chi connectivity index (χ4n) is 2.97. The van der Waals surface area contributed by atoms with Gasteiger partial charge in [0.1, 0.15) is 13.2 Å². The molecular weight excluding hydrogens is 350 g/mol. The van der Waals surface area contributed by atoms with Gasteiger partial charge in [-0.15, -0.1) is 0 Å². The average molecular weight is 373 g/mol. The van der Waals surface area contributed by atoms with E-state index in [2.05, 4.69) is 21.8 Å². The number of hydrogen-bond acceptors (Lipinski definition) is 5. The molecule has 2 aromatic rings. The first-order valence-electron chi connectivity index (χ1n) is 9.09. The number of benzene rings is 1. The fourth-order valence-corrected chi connectivity index (χ4v) is 3.85. The van der Waals surface area contributed by atoms with Crippen molar-refractivity contribution >= 4 is 17.7 Å². The number of nitrogens with zero attached hydrogens (tertiary/aromatic N) is 2. The van der Waals surface area contributed by atoms with Gasteiger partial charge in [-0.3, -0.25) is 4.79 Å². The lowest BCUT2D eigenvalue weighted by Crippen LogP contribution is -2.27. The first kappa shape index (κ1) is 17.3. The van der Waals surface area contributed by atoms with Gasteiger partial charge in [0.25, 0.3) is 0 Å². The molecule has 26 heavy (non-hydrogen) atoms. The van der Waals surface area contributed by atoms with E-state index in [1.165, 1.54) is 24.6 Å². The van der Waals surface area contributed by atoms with Crippen LogP contribution in [0.1, 0.15) is 19.8 Å². The molecule has 4 rings (SSSR count). The van der Waals surface area contributed by atoms with E-state index in [4.69, 9.17) is 9.47 Å². The van der Waals surface area contributed by atoms with Crippen molar-refractivity contribution in [2.75, 3.05) is 25.5 Å². The smallest absolute Gasteiger partial charge is 0.230 e. The van der Waals surface area contributed by atoms with Crippen molar-refractivity contribution in [3.8, 4) is 22.8 Å². The normalized spacial score (nSPS) is 15.7. The summed E-state index contributed by atoms with van der Waals surface area (Å²) in [5.74, 6) is 2.72. The summed E-state index contributed by atoms with van der Waals surface area (Å²) in [7, 11) is 0. The molecule has 0 spiro atoms. The molecular formula is C19H23N3O3S. The number of fused-ring (bicyclic) bond motifs is 1. The molecule has 2 aliphatic rings. The number of amides is 1. The molecule has 1 aliphatic heterocycles. The number of hydrogen-bond donors (Lipinski definition) is 1. The molecule has 0 saturated heterocycles. The van der Waals surface area contributed by atoms with Gasteiger partial charge >= 0.3 is 0 Å². The van der Waals surface area contributed by atoms with Crippen molar-refractivity contribution < 1.29 is 14.3 Å². The molecule has 1 amide bonds. The van der Waals surface area contributed by atoms with Crippen molar-refractivity contribution in [2.24, 2.45) is 5.92 Å². The van der Waals surface area contributed by atoms with E-state index in [-0.39, 0.29) is 5.91 Å². The molecule has 0 atom stereocenters. The van der Waals surface area contributed by atoms with Crippen LogP contribution < -0.4 is 14.8 Å². The van der Waals surface area contributed by atoms with Gasteiger partial charge in [-0.2, -0.15) is 0 Å². The molecule has 0 bridgehead atoms. The first-order chi connectivity index (χ1) is 12.7. The van der Waals surface area contributed by atoms with Crippen molar-refractivity contribution in [3.63, 3.8) is 0 Å². The van der Waals surface area contributed by atoms with Crippen LogP contribution in [-0.2, 0) is 11.3 Å². The van der Waals surface area contributed by atoms with Crippen LogP contribution in [0.3, 0.4) is 0 Å². The second-order valence-corrected chi connectivity index (χ2v) is 7.51. The van der Waals surface area contributed by atoms with Crippen molar-refractivity contribution in [2.45, 2.75) is 31.5 Å². The van der Waals surface area contributed by atoms with Gasteiger partial charge in [0, 0.05) is 18.7 Å². The highest BCUT2D eigenvalue weighted by Gasteiger charge is 2.22. The Kier molecular flexibility index (Phi) is 5.06. The topological polar surface area (TPSA) is 65.4 Å². The van der Waals surface area contributed by atoms with Crippen LogP contribution in [0.25, 0.3) is 11.3 Å². The van der Waals surface area contributed by atoms with E-state index < -0.39 is 0 Å². The Morgan fingerprint density at radius 1 is 1.31 bits per heavy atom. The summed E-state index contributed by atoms with van der Waals surface area (Å²) in [6.45, 7) is 4.84. The molecule has 1 N–H and O–H groups in total. The lowest BCUT2D eigenvalue weighted by molar-refractivity contribution is -0.118. The highest BCUT2D eigenvalue weighted by atomic mass is 32.2. The van der Waals surface area contributed by atoms with E-state index >= 15 is 0 Å². The Balaban J connectivity index is 1.46. The monoisotopic (exact) mass is 373 g/mol. The zero-order chi connectivity index (χ0) is 17.9. The summed E-state index contributed by atoms with van der Waals surface area (Å²) >= 11 is 1.48. The molecule has 0 radical (unpaired) electrons. The molecule has 1 fully saturated rings. The predicted octanol–water partition coefficient (Wildman–Crippen LogP) is 2.96. The van der Waals surface area contributed by atoms with E-state index in [0.29, 0.717) is 24.9 Å². The second kappa shape index (κ2) is 7.61. The van der Waals surface area contributed by atoms with Gasteiger partial charge in [0.15, 0.2) is 16.7 Å². The summed E-state index contributed by atoms with van der Waals surface area (Å²) in [6, 6.07) is 5.96.